The summed E-state index contributed by atoms with van der Waals surface area (Å²) in [5, 5.41) is 3.29. The Balaban J connectivity index is 1.85. The van der Waals surface area contributed by atoms with Gasteiger partial charge in [0, 0.05) is 5.69 Å². The van der Waals surface area contributed by atoms with Gasteiger partial charge in [0.05, 0.1) is 12.9 Å². The van der Waals surface area contributed by atoms with Crippen molar-refractivity contribution in [3.63, 3.8) is 0 Å². The lowest BCUT2D eigenvalue weighted by atomic mass is 10.1. The molecule has 0 aliphatic carbocycles. The van der Waals surface area contributed by atoms with E-state index in [0.29, 0.717) is 29.5 Å². The molecule has 4 atom stereocenters. The number of aromatic nitrogens is 4. The third kappa shape index (κ3) is 8.03. The van der Waals surface area contributed by atoms with Crippen molar-refractivity contribution in [2.24, 2.45) is 0 Å². The maximum Gasteiger partial charge on any atom is 0.231 e. The number of nitrogens with two attached hydrogens (primary N) is 1. The van der Waals surface area contributed by atoms with E-state index in [9.17, 15) is 0 Å². The summed E-state index contributed by atoms with van der Waals surface area (Å²) in [5.74, 6) is 0.675. The molecular weight excluding hydrogens is 641 g/mol. The van der Waals surface area contributed by atoms with E-state index in [0.717, 1.165) is 5.69 Å². The van der Waals surface area contributed by atoms with Crippen LogP contribution in [0.5, 0.6) is 0 Å². The summed E-state index contributed by atoms with van der Waals surface area (Å²) in [6, 6.07) is 9.79. The second kappa shape index (κ2) is 13.0. The van der Waals surface area contributed by atoms with Crippen molar-refractivity contribution >= 4 is 53.6 Å². The molecular formula is C34H60N6O4Si3. The highest BCUT2D eigenvalue weighted by Gasteiger charge is 2.55. The molecule has 0 saturated carbocycles. The van der Waals surface area contributed by atoms with Gasteiger partial charge in [-0.25, -0.2) is 4.98 Å². The van der Waals surface area contributed by atoms with E-state index in [1.54, 1.807) is 6.33 Å². The monoisotopic (exact) mass is 700 g/mol. The number of nitrogens with one attached hydrogen (secondary N) is 1. The molecule has 1 aliphatic rings. The fraction of sp³-hybridized carbons (Fsp3) is 0.676. The van der Waals surface area contributed by atoms with Crippen LogP contribution in [-0.4, -0.2) is 69.4 Å². The van der Waals surface area contributed by atoms with E-state index in [4.69, 9.17) is 28.7 Å². The lowest BCUT2D eigenvalue weighted by Crippen LogP contribution is -2.54. The molecule has 0 bridgehead atoms. The molecule has 1 aliphatic heterocycles. The summed E-state index contributed by atoms with van der Waals surface area (Å²) < 4.78 is 30.5. The second-order valence-corrected chi connectivity index (χ2v) is 31.9. The molecule has 0 unspecified atom stereocenters. The predicted octanol–water partition coefficient (Wildman–Crippen LogP) is 8.85. The Labute approximate surface area is 285 Å². The molecule has 262 valence electrons. The minimum absolute atomic E-state index is 0.0150. The van der Waals surface area contributed by atoms with Crippen molar-refractivity contribution in [2.45, 2.75) is 141 Å². The van der Waals surface area contributed by atoms with Gasteiger partial charge in [-0.15, -0.1) is 0 Å². The van der Waals surface area contributed by atoms with E-state index in [1.807, 2.05) is 34.9 Å². The number of imidazole rings is 1. The molecule has 3 N–H and O–H groups in total. The zero-order chi connectivity index (χ0) is 35.4. The van der Waals surface area contributed by atoms with E-state index >= 15 is 0 Å². The van der Waals surface area contributed by atoms with Gasteiger partial charge in [0.25, 0.3) is 0 Å². The summed E-state index contributed by atoms with van der Waals surface area (Å²) in [6.45, 7) is 34.4. The first kappa shape index (κ1) is 37.7. The van der Waals surface area contributed by atoms with E-state index < -0.39 is 37.3 Å². The molecule has 1 saturated heterocycles. The van der Waals surface area contributed by atoms with Gasteiger partial charge in [0.1, 0.15) is 23.8 Å². The van der Waals surface area contributed by atoms with E-state index in [2.05, 4.69) is 117 Å². The van der Waals surface area contributed by atoms with Gasteiger partial charge in [-0.1, -0.05) is 80.5 Å². The van der Waals surface area contributed by atoms with Crippen molar-refractivity contribution in [1.82, 2.24) is 19.5 Å². The van der Waals surface area contributed by atoms with Crippen LogP contribution >= 0.6 is 0 Å². The first-order valence-electron chi connectivity index (χ1n) is 16.8. The Kier molecular flexibility index (Phi) is 10.4. The molecule has 10 nitrogen and oxygen atoms in total. The summed E-state index contributed by atoms with van der Waals surface area (Å²) in [7, 11) is -6.71. The molecule has 1 fully saturated rings. The number of nitrogens with zero attached hydrogens (tertiary/aromatic N) is 4. The first-order valence-corrected chi connectivity index (χ1v) is 25.5. The van der Waals surface area contributed by atoms with Gasteiger partial charge in [-0.2, -0.15) is 9.97 Å². The number of ether oxygens (including phenoxy) is 1. The topological polar surface area (TPSA) is 119 Å². The number of anilines is 3. The van der Waals surface area contributed by atoms with Crippen LogP contribution in [0.1, 0.15) is 68.5 Å². The molecule has 0 spiro atoms. The molecule has 47 heavy (non-hydrogen) atoms. The molecule has 2 aromatic heterocycles. The lowest BCUT2D eigenvalue weighted by Gasteiger charge is -2.44. The molecule has 0 amide bonds. The average molecular weight is 701 g/mol. The fourth-order valence-electron chi connectivity index (χ4n) is 4.71. The zero-order valence-corrected chi connectivity index (χ0v) is 34.5. The first-order chi connectivity index (χ1) is 21.3. The van der Waals surface area contributed by atoms with Crippen molar-refractivity contribution in [1.29, 1.82) is 0 Å². The summed E-state index contributed by atoms with van der Waals surface area (Å²) in [6.07, 6.45) is 0.0117. The number of nitrogen functional groups attached to an aromatic ring is 1. The van der Waals surface area contributed by atoms with Gasteiger partial charge in [0.15, 0.2) is 42.6 Å². The second-order valence-electron chi connectivity index (χ2n) is 17.6. The van der Waals surface area contributed by atoms with Crippen LogP contribution in [-0.2, 0) is 18.0 Å². The summed E-state index contributed by atoms with van der Waals surface area (Å²) >= 11 is 0. The Morgan fingerprint density at radius 1 is 0.787 bits per heavy atom. The van der Waals surface area contributed by atoms with E-state index in [-0.39, 0.29) is 27.3 Å². The largest absolute Gasteiger partial charge is 0.414 e. The lowest BCUT2D eigenvalue weighted by molar-refractivity contribution is -0.0470. The minimum atomic E-state index is -2.33. The van der Waals surface area contributed by atoms with Gasteiger partial charge >= 0.3 is 0 Å². The van der Waals surface area contributed by atoms with Crippen LogP contribution in [0, 0.1) is 0 Å². The molecule has 3 heterocycles. The number of hydrogen-bond acceptors (Lipinski definition) is 9. The molecule has 3 aromatic rings. The maximum absolute atomic E-state index is 7.33. The summed E-state index contributed by atoms with van der Waals surface area (Å²) in [5.41, 5.74) is 8.42. The maximum atomic E-state index is 7.33. The van der Waals surface area contributed by atoms with Crippen LogP contribution in [0.15, 0.2) is 36.7 Å². The third-order valence-corrected chi connectivity index (χ3v) is 24.4. The van der Waals surface area contributed by atoms with Crippen molar-refractivity contribution in [2.75, 3.05) is 17.7 Å². The third-order valence-electron chi connectivity index (χ3n) is 10.9. The molecule has 1 aromatic carbocycles. The van der Waals surface area contributed by atoms with Gasteiger partial charge in [-0.05, 0) is 66.5 Å². The van der Waals surface area contributed by atoms with Crippen LogP contribution in [0.2, 0.25) is 54.4 Å². The van der Waals surface area contributed by atoms with Crippen LogP contribution in [0.3, 0.4) is 0 Å². The smallest absolute Gasteiger partial charge is 0.231 e. The van der Waals surface area contributed by atoms with E-state index in [1.165, 1.54) is 0 Å². The molecule has 13 heteroatoms. The average Bonchev–Trinajstić information content (AvgIpc) is 3.47. The Morgan fingerprint density at radius 2 is 1.32 bits per heavy atom. The van der Waals surface area contributed by atoms with Crippen LogP contribution < -0.4 is 11.1 Å². The van der Waals surface area contributed by atoms with Crippen LogP contribution in [0.4, 0.5) is 17.5 Å². The van der Waals surface area contributed by atoms with Crippen molar-refractivity contribution in [3.8, 4) is 0 Å². The Morgan fingerprint density at radius 3 is 1.85 bits per heavy atom. The Hall–Kier alpha value is -2.14. The standard InChI is InChI=1S/C34H60N6O4Si3/c1-32(2,3)45(10,11)41-21-24-26(43-46(12,13)33(4,5)6)27(44-47(14,15)34(7,8)9)30(42-24)40-22-36-25-28(35)38-31(39-29(25)40)37-23-19-17-16-18-20-23/h16-20,22,24,26-27,30H,21H2,1-15H3,(H3,35,37,38,39)/t24-,26-,27-,30-/m1/s1. The van der Waals surface area contributed by atoms with Crippen LogP contribution in [0.25, 0.3) is 11.2 Å². The number of hydrogen-bond donors (Lipinski definition) is 2. The van der Waals surface area contributed by atoms with Crippen molar-refractivity contribution in [3.05, 3.63) is 36.7 Å². The van der Waals surface area contributed by atoms with Gasteiger partial charge < -0.3 is 29.1 Å². The minimum Gasteiger partial charge on any atom is -0.414 e. The highest BCUT2D eigenvalue weighted by molar-refractivity contribution is 6.75. The molecule has 0 radical (unpaired) electrons. The van der Waals surface area contributed by atoms with Gasteiger partial charge in [-0.3, -0.25) is 4.57 Å². The number of benzene rings is 1. The number of fused-ring (bicyclic) bond motifs is 1. The fourth-order valence-corrected chi connectivity index (χ4v) is 8.32. The molecule has 4 rings (SSSR count). The SMILES string of the molecule is CC(C)(C)[Si](C)(C)OC[C@H]1O[C@@H](n2cnc3c(N)nc(Nc4ccccc4)nc32)[C@H](O[Si](C)(C)C(C)(C)C)[C@@H]1O[Si](C)(C)C(C)(C)C. The highest BCUT2D eigenvalue weighted by Crippen LogP contribution is 2.47. The predicted molar refractivity (Wildman–Crippen MR) is 201 cm³/mol. The normalized spacial score (nSPS) is 21.9. The van der Waals surface area contributed by atoms with Crippen molar-refractivity contribution < 1.29 is 18.0 Å². The quantitative estimate of drug-likeness (QED) is 0.200. The Bertz CT molecular complexity index is 1530. The highest BCUT2D eigenvalue weighted by atomic mass is 28.4. The summed E-state index contributed by atoms with van der Waals surface area (Å²) in [4.78, 5) is 14.1. The van der Waals surface area contributed by atoms with Gasteiger partial charge in [0.2, 0.25) is 5.95 Å². The number of rotatable bonds is 10. The zero-order valence-electron chi connectivity index (χ0n) is 31.5. The number of para-hydroxylation sites is 1.